The molecule has 19 N–H and O–H groups in total. The lowest BCUT2D eigenvalue weighted by Crippen LogP contribution is -2.64. The van der Waals surface area contributed by atoms with E-state index in [1.165, 1.54) is 74.5 Å². The smallest absolute Gasteiger partial charge is 0.417 e. The highest BCUT2D eigenvalue weighted by Gasteiger charge is 2.53. The van der Waals surface area contributed by atoms with Gasteiger partial charge in [0.05, 0.1) is 40.7 Å². The van der Waals surface area contributed by atoms with Gasteiger partial charge in [-0.2, -0.15) is 0 Å². The fourth-order valence-electron chi connectivity index (χ4n) is 19.9. The predicted octanol–water partition coefficient (Wildman–Crippen LogP) is 8.35. The van der Waals surface area contributed by atoms with Crippen molar-refractivity contribution >= 4 is 81.9 Å². The molecule has 35 nitrogen and oxygen atoms in total. The molecule has 4 aliphatic carbocycles. The molecule has 712 valence electrons. The molecule has 18 atom stereocenters. The first kappa shape index (κ1) is 97.7. The average molecular weight is 1870 g/mol. The summed E-state index contributed by atoms with van der Waals surface area (Å²) in [7, 11) is 0. The number of aromatic hydroxyl groups is 2. The summed E-state index contributed by atoms with van der Waals surface area (Å²) in [5, 5.41) is 116. The number of ether oxygens (including phenoxy) is 9. The molecule has 132 heavy (non-hydrogen) atoms. The number of Topliss-reactive ketones (excluding diaryl/α,β-unsaturated/α-hetero) is 3. The van der Waals surface area contributed by atoms with Crippen LogP contribution >= 0.6 is 23.2 Å². The van der Waals surface area contributed by atoms with Crippen LogP contribution in [0.4, 0.5) is 10.5 Å². The summed E-state index contributed by atoms with van der Waals surface area (Å²) in [6.07, 6.45) is -16.6. The molecule has 2 saturated heterocycles. The molecule has 11 aliphatic rings. The largest absolute Gasteiger partial charge is 0.507 e. The lowest BCUT2D eigenvalue weighted by Gasteiger charge is -2.54. The van der Waals surface area contributed by atoms with E-state index in [-0.39, 0.29) is 128 Å². The molecule has 7 aliphatic heterocycles. The highest BCUT2D eigenvalue weighted by atomic mass is 35.5. The maximum absolute atomic E-state index is 16.8. The molecule has 0 spiro atoms. The van der Waals surface area contributed by atoms with Gasteiger partial charge in [0.25, 0.3) is 0 Å². The zero-order valence-corrected chi connectivity index (χ0v) is 75.8. The Morgan fingerprint density at radius 3 is 1.91 bits per heavy atom. The van der Waals surface area contributed by atoms with Crippen molar-refractivity contribution in [1.82, 2.24) is 31.9 Å². The molecular formula is C95H117Cl2N9O26. The summed E-state index contributed by atoms with van der Waals surface area (Å²) >= 11 is 14.6. The minimum atomic E-state index is -2.21. The number of primary amides is 1. The van der Waals surface area contributed by atoms with Crippen molar-refractivity contribution in [2.45, 2.75) is 223 Å². The van der Waals surface area contributed by atoms with Gasteiger partial charge in [-0.1, -0.05) is 76.0 Å². The summed E-state index contributed by atoms with van der Waals surface area (Å²) in [6, 6.07) is 12.0. The van der Waals surface area contributed by atoms with Crippen LogP contribution in [0, 0.1) is 47.3 Å². The number of hydrogen-bond acceptors (Lipinski definition) is 29. The van der Waals surface area contributed by atoms with Crippen LogP contribution in [0.2, 0.25) is 10.0 Å². The van der Waals surface area contributed by atoms with Crippen molar-refractivity contribution in [2.24, 2.45) is 58.8 Å². The van der Waals surface area contributed by atoms with Crippen LogP contribution in [0.25, 0.3) is 11.1 Å². The number of aliphatic hydroxyl groups is 6. The SMILES string of the molecule is CCNCCOc1ccc(NC(=O)Oc2cc(O)c3c(c2)[C@@H](C(=O)CC2C4CC5CC(C4)CC2C5)NC(=O)[C@H]2NC(=O)[C@H](CC(=O)[C@@H]4NC(=O)[C@H](CC(N)=O)CC(=O)[C@H](NC(=O)[C@H](CC)CC(C)C)[C@H](O)c5ccc(c(Cl)c5)Oc5cc4cc(c5O[C@@H]4O[C@H](CO)[C@@H](O)[C@H](O)[C@H]4O[C@H]4C[C@](C)(N)[C@H](O)[C@H](C)O4)Oc4ccc(cc4Cl)[C@H]2O)c2ccc(O)c-3c2)cc1OCCNCC. The molecule has 6 fully saturated rings. The van der Waals surface area contributed by atoms with Gasteiger partial charge in [-0.15, -0.1) is 0 Å². The fraction of sp³-hybridized carbons (Fsp3) is 0.526. The lowest BCUT2D eigenvalue weighted by molar-refractivity contribution is -0.333. The van der Waals surface area contributed by atoms with E-state index in [1.807, 2.05) is 27.7 Å². The van der Waals surface area contributed by atoms with Crippen LogP contribution in [0.5, 0.6) is 57.5 Å². The van der Waals surface area contributed by atoms with E-state index in [0.717, 1.165) is 56.4 Å². The number of nitrogens with one attached hydrogen (secondary N) is 7. The molecule has 0 radical (unpaired) electrons. The van der Waals surface area contributed by atoms with E-state index in [4.69, 9.17) is 77.3 Å². The Bertz CT molecular complexity index is 5270. The number of likely N-dealkylation sites (N-methyl/N-ethyl adjacent to an activating group) is 2. The van der Waals surface area contributed by atoms with Gasteiger partial charge in [-0.3, -0.25) is 43.7 Å². The number of amides is 6. The second kappa shape index (κ2) is 42.1. The molecule has 6 amide bonds. The molecule has 6 aromatic carbocycles. The number of anilines is 1. The van der Waals surface area contributed by atoms with Crippen LogP contribution < -0.4 is 77.1 Å². The summed E-state index contributed by atoms with van der Waals surface area (Å²) in [5.41, 5.74) is 9.55. The van der Waals surface area contributed by atoms with Gasteiger partial charge >= 0.3 is 6.09 Å². The average Bonchev–Trinajstić information content (AvgIpc) is 0.727. The number of ketones is 3. The van der Waals surface area contributed by atoms with Crippen molar-refractivity contribution in [3.63, 3.8) is 0 Å². The number of fused-ring (bicyclic) bond motifs is 15. The van der Waals surface area contributed by atoms with Gasteiger partial charge in [0, 0.05) is 85.6 Å². The van der Waals surface area contributed by atoms with E-state index in [9.17, 15) is 55.2 Å². The van der Waals surface area contributed by atoms with Crippen molar-refractivity contribution in [3.05, 3.63) is 135 Å². The van der Waals surface area contributed by atoms with E-state index in [2.05, 4.69) is 37.2 Å². The first-order chi connectivity index (χ1) is 63.0. The molecular weight excluding hydrogens is 1750 g/mol. The highest BCUT2D eigenvalue weighted by molar-refractivity contribution is 6.32. The number of nitrogens with two attached hydrogens (primary N) is 2. The zero-order chi connectivity index (χ0) is 94.6. The van der Waals surface area contributed by atoms with Crippen LogP contribution in [0.15, 0.2) is 97.1 Å². The van der Waals surface area contributed by atoms with Crippen LogP contribution in [-0.2, 0) is 52.6 Å². The lowest BCUT2D eigenvalue weighted by atomic mass is 9.51. The van der Waals surface area contributed by atoms with Gasteiger partial charge in [0.1, 0.15) is 96.6 Å². The topological polar surface area (TPSA) is 535 Å². The van der Waals surface area contributed by atoms with E-state index in [0.29, 0.717) is 50.2 Å². The quantitative estimate of drug-likeness (QED) is 0.0215. The second-order valence-corrected chi connectivity index (χ2v) is 37.4. The van der Waals surface area contributed by atoms with Gasteiger partial charge in [-0.05, 0) is 202 Å². The number of carbonyl (C=O) groups is 9. The maximum atomic E-state index is 16.8. The number of phenolic OH excluding ortho intramolecular Hbond substituents is 2. The molecule has 4 saturated carbocycles. The summed E-state index contributed by atoms with van der Waals surface area (Å²) < 4.78 is 57.4. The number of carbonyl (C=O) groups excluding carboxylic acids is 9. The van der Waals surface area contributed by atoms with Crippen molar-refractivity contribution in [3.8, 4) is 68.6 Å². The van der Waals surface area contributed by atoms with Gasteiger partial charge < -0.3 is 127 Å². The molecule has 6 aromatic rings. The van der Waals surface area contributed by atoms with Gasteiger partial charge in [0.2, 0.25) is 41.6 Å². The molecule has 0 aromatic heterocycles. The number of aliphatic hydroxyl groups excluding tert-OH is 6. The number of halogens is 2. The first-order valence-electron chi connectivity index (χ1n) is 45.1. The van der Waals surface area contributed by atoms with Gasteiger partial charge in [0.15, 0.2) is 52.7 Å². The van der Waals surface area contributed by atoms with Gasteiger partial charge in [-0.25, -0.2) is 4.79 Å². The number of phenols is 2. The third kappa shape index (κ3) is 22.0. The molecule has 37 heteroatoms. The third-order valence-electron chi connectivity index (χ3n) is 26.5. The van der Waals surface area contributed by atoms with Crippen LogP contribution in [0.3, 0.4) is 0 Å². The molecule has 0 unspecified atom stereocenters. The Morgan fingerprint density at radius 1 is 0.667 bits per heavy atom. The van der Waals surface area contributed by atoms with Crippen LogP contribution in [0.1, 0.15) is 184 Å². The summed E-state index contributed by atoms with van der Waals surface area (Å²) in [6.45, 7) is 14.4. The Balaban J connectivity index is 0.944. The Kier molecular flexibility index (Phi) is 31.1. The second-order valence-electron chi connectivity index (χ2n) is 36.6. The molecule has 7 heterocycles. The Labute approximate surface area is 772 Å². The number of benzene rings is 6. The van der Waals surface area contributed by atoms with E-state index >= 15 is 28.8 Å². The molecule has 17 rings (SSSR count). The van der Waals surface area contributed by atoms with E-state index in [1.54, 1.807) is 19.1 Å². The maximum Gasteiger partial charge on any atom is 0.417 e. The summed E-state index contributed by atoms with van der Waals surface area (Å²) in [5.74, 6) is -15.4. The summed E-state index contributed by atoms with van der Waals surface area (Å²) in [4.78, 5) is 139. The standard InChI is InChI=1S/C95H117Cl2N9O26/c1-8-47(23-43(4)5)89(119)105-80-65(110)32-54(35-75(98)113)90(120)103-78-53-33-72(128-68-16-12-49(82(80)114)30-61(68)96)86(132-93-87(85(117)84(116)74(42-107)130-93)131-76-41-95(7,99)88(118)44(6)126-76)73(34-53)129-69-17-13-50(31-62(69)97)83(115)81-92(122)104-79(67(112)39-57-51-25-45-24-46(27-51)28-52(57)26-45)60-37-56(38-64(109)77(60)59-29-48(11-15-63(59)108)58(40-66(78)111)91(121)106-81)127-94(123)102-55-14-18-70(124-21-19-100-9-2)71(36-55)125-22-20-101-10-3/h11-18,29-31,33-34,36-38,43-47,51-52,54,57-58,74,76,78-85,87-88,93,100-101,107-109,114-118H,8-10,19-28,32,35,39-42,99H2,1-7H3,(H2,98,113)(H,102,123)(H,103,120)(H,104,122)(H,105,119)(H,106,121)/t44-,45?,46?,47+,51?,52?,54-,57?,58+,74+,76-,78+,79-,80-,81-,82+,83+,84+,85-,87+,88+,93-,95-/m0/s1. The third-order valence-corrected chi connectivity index (χ3v) is 27.1. The van der Waals surface area contributed by atoms with Crippen molar-refractivity contribution < 1.29 is 127 Å². The normalized spacial score (nSPS) is 29.5. The highest BCUT2D eigenvalue weighted by Crippen LogP contribution is 2.59. The van der Waals surface area contributed by atoms with Crippen molar-refractivity contribution in [1.29, 1.82) is 0 Å². The Hall–Kier alpha value is -10.4. The predicted molar refractivity (Wildman–Crippen MR) is 478 cm³/mol. The monoisotopic (exact) mass is 1870 g/mol. The minimum Gasteiger partial charge on any atom is -0.507 e. The van der Waals surface area contributed by atoms with Crippen LogP contribution in [-0.4, -0.2) is 207 Å². The Morgan fingerprint density at radius 2 is 1.30 bits per heavy atom. The zero-order valence-electron chi connectivity index (χ0n) is 74.3. The first-order valence-corrected chi connectivity index (χ1v) is 45.9. The minimum absolute atomic E-state index is 0.0271. The van der Waals surface area contributed by atoms with Crippen molar-refractivity contribution in [2.75, 3.05) is 51.3 Å². The number of rotatable bonds is 27. The fourth-order valence-corrected chi connectivity index (χ4v) is 20.4. The molecule has 15 bridgehead atoms. The number of hydrogen-bond donors (Lipinski definition) is 17. The van der Waals surface area contributed by atoms with E-state index < -0.39 is 222 Å².